The van der Waals surface area contributed by atoms with E-state index in [0.29, 0.717) is 5.92 Å². The van der Waals surface area contributed by atoms with Gasteiger partial charge in [0.15, 0.2) is 0 Å². The summed E-state index contributed by atoms with van der Waals surface area (Å²) in [5.41, 5.74) is 1.05. The quantitative estimate of drug-likeness (QED) is 0.846. The van der Waals surface area contributed by atoms with Crippen LogP contribution >= 0.6 is 0 Å². The lowest BCUT2D eigenvalue weighted by atomic mass is 9.90. The molecule has 3 heteroatoms. The van der Waals surface area contributed by atoms with Gasteiger partial charge in [-0.25, -0.2) is 0 Å². The third-order valence-corrected chi connectivity index (χ3v) is 4.14. The Morgan fingerprint density at radius 3 is 2.50 bits per heavy atom. The molecule has 1 aromatic carbocycles. The normalized spacial score (nSPS) is 17.6. The topological polar surface area (TPSA) is 46.5 Å². The van der Waals surface area contributed by atoms with Crippen molar-refractivity contribution < 1.29 is 14.6 Å². The van der Waals surface area contributed by atoms with Crippen LogP contribution in [-0.4, -0.2) is 17.7 Å². The van der Waals surface area contributed by atoms with Crippen molar-refractivity contribution in [3.05, 3.63) is 29.8 Å². The van der Waals surface area contributed by atoms with Gasteiger partial charge < -0.3 is 9.84 Å². The fourth-order valence-corrected chi connectivity index (χ4v) is 2.84. The number of carboxylic acid groups (broad SMARTS) is 1. The molecule has 0 radical (unpaired) electrons. The van der Waals surface area contributed by atoms with E-state index in [0.717, 1.165) is 17.9 Å². The Labute approximate surface area is 121 Å². The average molecular weight is 276 g/mol. The zero-order chi connectivity index (χ0) is 14.4. The first-order valence-corrected chi connectivity index (χ1v) is 7.59. The molecule has 1 N–H and O–H groups in total. The molecule has 1 aliphatic rings. The summed E-state index contributed by atoms with van der Waals surface area (Å²) in [6.07, 6.45) is 6.77. The lowest BCUT2D eigenvalue weighted by Crippen LogP contribution is -2.15. The van der Waals surface area contributed by atoms with Gasteiger partial charge in [0.1, 0.15) is 5.75 Å². The van der Waals surface area contributed by atoms with Crippen LogP contribution in [0.1, 0.15) is 56.9 Å². The van der Waals surface area contributed by atoms with Crippen molar-refractivity contribution in [2.75, 3.05) is 6.61 Å². The Kier molecular flexibility index (Phi) is 5.45. The first-order valence-electron chi connectivity index (χ1n) is 7.59. The van der Waals surface area contributed by atoms with E-state index >= 15 is 0 Å². The van der Waals surface area contributed by atoms with Gasteiger partial charge in [-0.2, -0.15) is 0 Å². The van der Waals surface area contributed by atoms with Crippen LogP contribution < -0.4 is 4.74 Å². The predicted molar refractivity (Wildman–Crippen MR) is 79.2 cm³/mol. The highest BCUT2D eigenvalue weighted by atomic mass is 16.5. The van der Waals surface area contributed by atoms with Crippen molar-refractivity contribution in [1.29, 1.82) is 0 Å². The van der Waals surface area contributed by atoms with Gasteiger partial charge in [-0.1, -0.05) is 38.3 Å². The zero-order valence-electron chi connectivity index (χ0n) is 12.2. The van der Waals surface area contributed by atoms with Crippen LogP contribution in [-0.2, 0) is 4.79 Å². The molecular formula is C17H24O3. The highest BCUT2D eigenvalue weighted by Crippen LogP contribution is 2.26. The van der Waals surface area contributed by atoms with E-state index < -0.39 is 5.97 Å². The number of hydrogen-bond donors (Lipinski definition) is 1. The summed E-state index contributed by atoms with van der Waals surface area (Å²) in [5.74, 6) is 0.881. The van der Waals surface area contributed by atoms with Crippen LogP contribution in [0.2, 0.25) is 0 Å². The fourth-order valence-electron chi connectivity index (χ4n) is 2.84. The number of ether oxygens (including phenoxy) is 1. The molecule has 0 spiro atoms. The molecule has 110 valence electrons. The van der Waals surface area contributed by atoms with Crippen LogP contribution in [0.5, 0.6) is 5.75 Å². The summed E-state index contributed by atoms with van der Waals surface area (Å²) >= 11 is 0. The molecule has 0 aromatic heterocycles. The maximum Gasteiger partial charge on any atom is 0.303 e. The number of rotatable bonds is 6. The summed E-state index contributed by atoms with van der Waals surface area (Å²) < 4.78 is 5.84. The van der Waals surface area contributed by atoms with Crippen LogP contribution in [0.25, 0.3) is 0 Å². The largest absolute Gasteiger partial charge is 0.493 e. The Bertz CT molecular complexity index is 418. The zero-order valence-corrected chi connectivity index (χ0v) is 12.2. The number of hydrogen-bond acceptors (Lipinski definition) is 2. The third kappa shape index (κ3) is 4.55. The molecule has 3 nitrogen and oxygen atoms in total. The number of benzene rings is 1. The second-order valence-corrected chi connectivity index (χ2v) is 5.88. The first kappa shape index (κ1) is 14.9. The molecule has 0 unspecified atom stereocenters. The predicted octanol–water partition coefficient (Wildman–Crippen LogP) is 4.22. The maximum absolute atomic E-state index is 10.7. The second-order valence-electron chi connectivity index (χ2n) is 5.88. The molecule has 0 amide bonds. The molecule has 1 fully saturated rings. The minimum atomic E-state index is -0.755. The number of carbonyl (C=O) groups is 1. The lowest BCUT2D eigenvalue weighted by Gasteiger charge is -2.21. The van der Waals surface area contributed by atoms with Crippen LogP contribution in [0, 0.1) is 5.92 Å². The van der Waals surface area contributed by atoms with Crippen LogP contribution in [0.3, 0.4) is 0 Å². The minimum Gasteiger partial charge on any atom is -0.493 e. The standard InChI is InChI=1S/C17H24O3/c1-13(11-17(18)19)15-7-9-16(10-8-15)20-12-14-5-3-2-4-6-14/h7-10,13-14H,2-6,11-12H2,1H3,(H,18,19)/t13-/m1/s1. The fraction of sp³-hybridized carbons (Fsp3) is 0.588. The monoisotopic (exact) mass is 276 g/mol. The third-order valence-electron chi connectivity index (χ3n) is 4.14. The van der Waals surface area contributed by atoms with Gasteiger partial charge in [-0.3, -0.25) is 4.79 Å². The summed E-state index contributed by atoms with van der Waals surface area (Å²) in [6.45, 7) is 2.75. The van der Waals surface area contributed by atoms with Crippen molar-refractivity contribution in [3.63, 3.8) is 0 Å². The van der Waals surface area contributed by atoms with Crippen molar-refractivity contribution in [2.24, 2.45) is 5.92 Å². The van der Waals surface area contributed by atoms with Gasteiger partial charge in [0.2, 0.25) is 0 Å². The van der Waals surface area contributed by atoms with Gasteiger partial charge in [0.05, 0.1) is 13.0 Å². The molecule has 1 atom stereocenters. The van der Waals surface area contributed by atoms with Crippen molar-refractivity contribution in [2.45, 2.75) is 51.4 Å². The Morgan fingerprint density at radius 1 is 1.25 bits per heavy atom. The van der Waals surface area contributed by atoms with E-state index in [1.54, 1.807) is 0 Å². The molecule has 2 rings (SSSR count). The SMILES string of the molecule is C[C@H](CC(=O)O)c1ccc(OCC2CCCCC2)cc1. The Balaban J connectivity index is 1.83. The number of carboxylic acids is 1. The van der Waals surface area contributed by atoms with Gasteiger partial charge >= 0.3 is 5.97 Å². The summed E-state index contributed by atoms with van der Waals surface area (Å²) in [6, 6.07) is 7.86. The molecule has 0 aliphatic heterocycles. The number of aliphatic carboxylic acids is 1. The Morgan fingerprint density at radius 2 is 1.90 bits per heavy atom. The van der Waals surface area contributed by atoms with Crippen LogP contribution in [0.4, 0.5) is 0 Å². The minimum absolute atomic E-state index is 0.0416. The molecule has 1 aliphatic carbocycles. The maximum atomic E-state index is 10.7. The van der Waals surface area contributed by atoms with E-state index in [1.165, 1.54) is 32.1 Å². The van der Waals surface area contributed by atoms with E-state index in [-0.39, 0.29) is 12.3 Å². The van der Waals surface area contributed by atoms with E-state index in [9.17, 15) is 4.79 Å². The van der Waals surface area contributed by atoms with Gasteiger partial charge in [0, 0.05) is 0 Å². The summed E-state index contributed by atoms with van der Waals surface area (Å²) in [7, 11) is 0. The van der Waals surface area contributed by atoms with Crippen molar-refractivity contribution in [3.8, 4) is 5.75 Å². The first-order chi connectivity index (χ1) is 9.65. The summed E-state index contributed by atoms with van der Waals surface area (Å²) in [5, 5.41) is 8.80. The van der Waals surface area contributed by atoms with Crippen molar-refractivity contribution in [1.82, 2.24) is 0 Å². The highest BCUT2D eigenvalue weighted by molar-refractivity contribution is 5.67. The van der Waals surface area contributed by atoms with E-state index in [4.69, 9.17) is 9.84 Å². The molecule has 0 bridgehead atoms. The highest BCUT2D eigenvalue weighted by Gasteiger charge is 2.14. The molecule has 0 saturated heterocycles. The molecule has 0 heterocycles. The average Bonchev–Trinajstić information content (AvgIpc) is 2.46. The van der Waals surface area contributed by atoms with Crippen LogP contribution in [0.15, 0.2) is 24.3 Å². The molecule has 20 heavy (non-hydrogen) atoms. The van der Waals surface area contributed by atoms with Gasteiger partial charge in [0.25, 0.3) is 0 Å². The smallest absolute Gasteiger partial charge is 0.303 e. The van der Waals surface area contributed by atoms with Gasteiger partial charge in [-0.05, 0) is 42.4 Å². The van der Waals surface area contributed by atoms with Gasteiger partial charge in [-0.15, -0.1) is 0 Å². The van der Waals surface area contributed by atoms with E-state index in [1.807, 2.05) is 31.2 Å². The molecule has 1 saturated carbocycles. The molecular weight excluding hydrogens is 252 g/mol. The Hall–Kier alpha value is -1.51. The van der Waals surface area contributed by atoms with Crippen molar-refractivity contribution >= 4 is 5.97 Å². The lowest BCUT2D eigenvalue weighted by molar-refractivity contribution is -0.137. The summed E-state index contributed by atoms with van der Waals surface area (Å²) in [4.78, 5) is 10.7. The van der Waals surface area contributed by atoms with E-state index in [2.05, 4.69) is 0 Å². The molecule has 1 aromatic rings. The second kappa shape index (κ2) is 7.32.